The summed E-state index contributed by atoms with van der Waals surface area (Å²) < 4.78 is 13.9. The molecule has 0 aliphatic heterocycles. The van der Waals surface area contributed by atoms with Gasteiger partial charge in [-0.05, 0) is 126 Å². The van der Waals surface area contributed by atoms with Gasteiger partial charge in [-0.1, -0.05) is 267 Å². The fourth-order valence-electron chi connectivity index (χ4n) is 13.8. The molecule has 4 nitrogen and oxygen atoms in total. The normalized spacial score (nSPS) is 11.6. The molecule has 15 aromatic carbocycles. The summed E-state index contributed by atoms with van der Waals surface area (Å²) in [5.74, 6) is 1.72. The molecule has 0 spiro atoms. The molecular formula is C86H56N2O2. The van der Waals surface area contributed by atoms with Crippen molar-refractivity contribution in [3.05, 3.63) is 340 Å². The monoisotopic (exact) mass is 1150 g/mol. The van der Waals surface area contributed by atoms with Crippen molar-refractivity contribution in [1.29, 1.82) is 0 Å². The predicted octanol–water partition coefficient (Wildman–Crippen LogP) is 24.7. The molecule has 17 aromatic rings. The first-order valence-electron chi connectivity index (χ1n) is 30.7. The van der Waals surface area contributed by atoms with Crippen LogP contribution in [-0.2, 0) is 0 Å². The van der Waals surface area contributed by atoms with Crippen LogP contribution in [0.5, 0.6) is 0 Å². The van der Waals surface area contributed by atoms with E-state index in [1.165, 1.54) is 43.4 Å². The summed E-state index contributed by atoms with van der Waals surface area (Å²) >= 11 is 0. The van der Waals surface area contributed by atoms with Gasteiger partial charge in [0, 0.05) is 78.7 Å². The van der Waals surface area contributed by atoms with E-state index in [1.807, 2.05) is 12.1 Å². The molecule has 0 saturated carbocycles. The number of hydrogen-bond acceptors (Lipinski definition) is 4. The number of rotatable bonds is 12. The second-order valence-electron chi connectivity index (χ2n) is 23.0. The van der Waals surface area contributed by atoms with Gasteiger partial charge in [0.15, 0.2) is 0 Å². The maximum absolute atomic E-state index is 6.97. The van der Waals surface area contributed by atoms with Crippen LogP contribution >= 0.6 is 0 Å². The van der Waals surface area contributed by atoms with E-state index >= 15 is 0 Å². The van der Waals surface area contributed by atoms with Gasteiger partial charge in [-0.3, -0.25) is 0 Å². The lowest BCUT2D eigenvalue weighted by Gasteiger charge is -2.27. The van der Waals surface area contributed by atoms with Crippen LogP contribution in [0.3, 0.4) is 0 Å². The van der Waals surface area contributed by atoms with Crippen LogP contribution in [0.1, 0.15) is 0 Å². The van der Waals surface area contributed by atoms with E-state index < -0.39 is 0 Å². The van der Waals surface area contributed by atoms with Crippen molar-refractivity contribution in [2.75, 3.05) is 9.80 Å². The van der Waals surface area contributed by atoms with Gasteiger partial charge in [-0.2, -0.15) is 0 Å². The average molecular weight is 1150 g/mol. The topological polar surface area (TPSA) is 32.8 Å². The molecule has 0 amide bonds. The second kappa shape index (κ2) is 22.1. The molecule has 0 aliphatic carbocycles. The Morgan fingerprint density at radius 1 is 0.189 bits per heavy atom. The van der Waals surface area contributed by atoms with Crippen molar-refractivity contribution in [2.45, 2.75) is 0 Å². The summed E-state index contributed by atoms with van der Waals surface area (Å²) in [6.45, 7) is 0. The maximum Gasteiger partial charge on any atom is 0.143 e. The molecule has 90 heavy (non-hydrogen) atoms. The van der Waals surface area contributed by atoms with Gasteiger partial charge in [-0.25, -0.2) is 0 Å². The minimum atomic E-state index is 0.824. The Hall–Kier alpha value is -12.0. The molecule has 0 saturated heterocycles. The predicted molar refractivity (Wildman–Crippen MR) is 378 cm³/mol. The second-order valence-corrected chi connectivity index (χ2v) is 23.0. The highest BCUT2D eigenvalue weighted by atomic mass is 16.3. The number of fused-ring (bicyclic) bond motifs is 6. The van der Waals surface area contributed by atoms with Crippen LogP contribution in [0.15, 0.2) is 349 Å². The lowest BCUT2D eigenvalue weighted by Crippen LogP contribution is -2.10. The Kier molecular flexibility index (Phi) is 12.8. The molecule has 0 fully saturated rings. The Balaban J connectivity index is 0.780. The molecule has 422 valence electrons. The Labute approximate surface area is 521 Å². The third kappa shape index (κ3) is 9.00. The van der Waals surface area contributed by atoms with E-state index in [0.29, 0.717) is 0 Å². The molecule has 0 N–H and O–H groups in total. The molecule has 2 heterocycles. The number of hydrogen-bond donors (Lipinski definition) is 0. The first-order chi connectivity index (χ1) is 44.7. The van der Waals surface area contributed by atoms with E-state index in [1.54, 1.807) is 0 Å². The zero-order valence-electron chi connectivity index (χ0n) is 49.0. The standard InChI is InChI=1S/C86H56N2O2/c1-5-25-59(26-6-1)83-75-53-51-67(55-79(75)89-85(83)63-29-9-3-10-30-63)87(77-41-21-33-57-23-13-15-35-69(57)77)65-47-43-61(44-48-65)81-71-37-17-19-39-73(71)82(74-40-20-18-38-72(74)81)62-45-49-66(50-46-62)88(78-42-22-34-58-24-14-16-36-70(58)78)68-52-54-76-80(56-68)90-86(64-31-11-4-12-32-64)84(76)60-27-7-2-8-28-60/h1-56H. The van der Waals surface area contributed by atoms with Gasteiger partial charge in [-0.15, -0.1) is 0 Å². The van der Waals surface area contributed by atoms with Crippen molar-refractivity contribution >= 4 is 99.2 Å². The summed E-state index contributed by atoms with van der Waals surface area (Å²) in [6.07, 6.45) is 0. The molecule has 0 bridgehead atoms. The van der Waals surface area contributed by atoms with E-state index in [9.17, 15) is 0 Å². The minimum absolute atomic E-state index is 0.824. The van der Waals surface area contributed by atoms with Crippen molar-refractivity contribution < 1.29 is 8.83 Å². The summed E-state index contributed by atoms with van der Waals surface area (Å²) in [6, 6.07) is 122. The molecule has 4 heteroatoms. The van der Waals surface area contributed by atoms with Crippen LogP contribution < -0.4 is 9.80 Å². The van der Waals surface area contributed by atoms with E-state index in [-0.39, 0.29) is 0 Å². The third-order valence-electron chi connectivity index (χ3n) is 17.8. The van der Waals surface area contributed by atoms with Crippen molar-refractivity contribution in [3.8, 4) is 67.2 Å². The molecule has 17 rings (SSSR count). The van der Waals surface area contributed by atoms with E-state index in [4.69, 9.17) is 8.83 Å². The lowest BCUT2D eigenvalue weighted by atomic mass is 9.86. The summed E-state index contributed by atoms with van der Waals surface area (Å²) in [4.78, 5) is 4.75. The Bertz CT molecular complexity index is 5110. The zero-order chi connectivity index (χ0) is 59.5. The first kappa shape index (κ1) is 52.4. The highest BCUT2D eigenvalue weighted by molar-refractivity contribution is 6.22. The molecule has 0 aliphatic rings. The minimum Gasteiger partial charge on any atom is -0.455 e. The van der Waals surface area contributed by atoms with Gasteiger partial charge >= 0.3 is 0 Å². The zero-order valence-corrected chi connectivity index (χ0v) is 49.0. The smallest absolute Gasteiger partial charge is 0.143 e. The van der Waals surface area contributed by atoms with Gasteiger partial charge < -0.3 is 18.6 Å². The Morgan fingerprint density at radius 3 is 0.844 bits per heavy atom. The fraction of sp³-hybridized carbons (Fsp3) is 0. The first-order valence-corrected chi connectivity index (χ1v) is 30.7. The van der Waals surface area contributed by atoms with Gasteiger partial charge in [0.05, 0.1) is 11.4 Å². The van der Waals surface area contributed by atoms with Crippen molar-refractivity contribution in [1.82, 2.24) is 0 Å². The third-order valence-corrected chi connectivity index (χ3v) is 17.8. The maximum atomic E-state index is 6.97. The summed E-state index contributed by atoms with van der Waals surface area (Å²) in [5.41, 5.74) is 19.0. The SMILES string of the molecule is c1ccc(-c2oc3cc(N(c4ccc(-c5c6ccccc6c(-c6ccc(N(c7ccc8c(-c9ccccc9)c(-c9ccccc9)oc8c7)c7cccc8ccccc78)cc6)c6ccccc56)cc4)c4cccc5ccccc45)ccc3c2-c2ccccc2)cc1. The largest absolute Gasteiger partial charge is 0.455 e. The number of anilines is 6. The molecule has 2 aromatic heterocycles. The van der Waals surface area contributed by atoms with E-state index in [0.717, 1.165) is 123 Å². The average Bonchev–Trinajstić information content (AvgIpc) is 0.900. The number of nitrogens with zero attached hydrogens (tertiary/aromatic N) is 2. The number of furan rings is 2. The quantitative estimate of drug-likeness (QED) is 0.114. The molecular weight excluding hydrogens is 1090 g/mol. The van der Waals surface area contributed by atoms with Crippen LogP contribution in [0.4, 0.5) is 34.1 Å². The highest BCUT2D eigenvalue weighted by Crippen LogP contribution is 2.50. The van der Waals surface area contributed by atoms with Gasteiger partial charge in [0.1, 0.15) is 22.7 Å². The van der Waals surface area contributed by atoms with Gasteiger partial charge in [0.2, 0.25) is 0 Å². The Morgan fingerprint density at radius 2 is 0.478 bits per heavy atom. The fourth-order valence-corrected chi connectivity index (χ4v) is 13.8. The summed E-state index contributed by atoms with van der Waals surface area (Å²) in [7, 11) is 0. The summed E-state index contributed by atoms with van der Waals surface area (Å²) in [5, 5.41) is 11.6. The van der Waals surface area contributed by atoms with Crippen LogP contribution in [0, 0.1) is 0 Å². The van der Waals surface area contributed by atoms with E-state index in [2.05, 4.69) is 337 Å². The molecule has 0 unspecified atom stereocenters. The van der Waals surface area contributed by atoms with Crippen molar-refractivity contribution in [3.63, 3.8) is 0 Å². The molecule has 0 atom stereocenters. The highest BCUT2D eigenvalue weighted by Gasteiger charge is 2.25. The van der Waals surface area contributed by atoms with Crippen LogP contribution in [-0.4, -0.2) is 0 Å². The van der Waals surface area contributed by atoms with Gasteiger partial charge in [0.25, 0.3) is 0 Å². The van der Waals surface area contributed by atoms with Crippen molar-refractivity contribution in [2.24, 2.45) is 0 Å². The van der Waals surface area contributed by atoms with Crippen LogP contribution in [0.25, 0.3) is 132 Å². The van der Waals surface area contributed by atoms with Crippen LogP contribution in [0.2, 0.25) is 0 Å². The lowest BCUT2D eigenvalue weighted by molar-refractivity contribution is 0.632. The number of benzene rings is 15. The molecule has 0 radical (unpaired) electrons.